The first-order valence-electron chi connectivity index (χ1n) is 6.01. The SMILES string of the molecule is Clc1cccc2[nH]c(-c3nc4c(Cl)cccc4[nH]3)nc12. The Kier molecular flexibility index (Phi) is 2.49. The summed E-state index contributed by atoms with van der Waals surface area (Å²) >= 11 is 12.3. The van der Waals surface area contributed by atoms with Crippen LogP contribution in [-0.2, 0) is 0 Å². The molecular formula is C14H8Cl2N4. The molecule has 0 saturated heterocycles. The van der Waals surface area contributed by atoms with Crippen molar-refractivity contribution >= 4 is 45.3 Å². The number of aromatic nitrogens is 4. The Hall–Kier alpha value is -2.04. The normalized spacial score (nSPS) is 11.5. The minimum atomic E-state index is 0.610. The third-order valence-corrected chi connectivity index (χ3v) is 3.76. The zero-order valence-corrected chi connectivity index (χ0v) is 11.6. The maximum Gasteiger partial charge on any atom is 0.174 e. The van der Waals surface area contributed by atoms with Gasteiger partial charge in [0.15, 0.2) is 11.6 Å². The molecule has 0 fully saturated rings. The summed E-state index contributed by atoms with van der Waals surface area (Å²) in [4.78, 5) is 15.4. The molecule has 2 N–H and O–H groups in total. The highest BCUT2D eigenvalue weighted by atomic mass is 35.5. The zero-order chi connectivity index (χ0) is 13.7. The quantitative estimate of drug-likeness (QED) is 0.547. The first-order valence-corrected chi connectivity index (χ1v) is 6.77. The monoisotopic (exact) mass is 302 g/mol. The molecule has 0 aliphatic heterocycles. The molecule has 0 aliphatic rings. The molecule has 0 amide bonds. The van der Waals surface area contributed by atoms with Gasteiger partial charge in [-0.3, -0.25) is 0 Å². The van der Waals surface area contributed by atoms with Gasteiger partial charge in [0, 0.05) is 0 Å². The molecule has 0 bridgehead atoms. The first kappa shape index (κ1) is 11.8. The number of rotatable bonds is 1. The molecule has 0 atom stereocenters. The molecule has 2 aromatic carbocycles. The van der Waals surface area contributed by atoms with Crippen LogP contribution in [0.15, 0.2) is 36.4 Å². The van der Waals surface area contributed by atoms with Crippen molar-refractivity contribution in [3.8, 4) is 11.6 Å². The fourth-order valence-electron chi connectivity index (χ4n) is 2.22. The van der Waals surface area contributed by atoms with Gasteiger partial charge < -0.3 is 9.97 Å². The van der Waals surface area contributed by atoms with Crippen LogP contribution in [0.5, 0.6) is 0 Å². The highest BCUT2D eigenvalue weighted by Crippen LogP contribution is 2.27. The molecule has 20 heavy (non-hydrogen) atoms. The second-order valence-electron chi connectivity index (χ2n) is 4.44. The summed E-state index contributed by atoms with van der Waals surface area (Å²) < 4.78 is 0. The van der Waals surface area contributed by atoms with E-state index in [0.29, 0.717) is 21.7 Å². The molecule has 2 aromatic heterocycles. The molecule has 0 saturated carbocycles. The van der Waals surface area contributed by atoms with Crippen molar-refractivity contribution in [2.75, 3.05) is 0 Å². The Morgan fingerprint density at radius 1 is 0.700 bits per heavy atom. The van der Waals surface area contributed by atoms with Crippen molar-refractivity contribution in [3.05, 3.63) is 46.4 Å². The van der Waals surface area contributed by atoms with Gasteiger partial charge in [-0.15, -0.1) is 0 Å². The summed E-state index contributed by atoms with van der Waals surface area (Å²) in [6, 6.07) is 11.2. The molecular weight excluding hydrogens is 295 g/mol. The number of nitrogens with one attached hydrogen (secondary N) is 2. The van der Waals surface area contributed by atoms with Gasteiger partial charge in [-0.1, -0.05) is 35.3 Å². The van der Waals surface area contributed by atoms with Crippen molar-refractivity contribution in [1.82, 2.24) is 19.9 Å². The van der Waals surface area contributed by atoms with Crippen molar-refractivity contribution in [2.24, 2.45) is 0 Å². The van der Waals surface area contributed by atoms with Crippen molar-refractivity contribution in [2.45, 2.75) is 0 Å². The molecule has 0 unspecified atom stereocenters. The Morgan fingerprint density at radius 2 is 1.15 bits per heavy atom. The van der Waals surface area contributed by atoms with Crippen LogP contribution < -0.4 is 0 Å². The lowest BCUT2D eigenvalue weighted by molar-refractivity contribution is 1.22. The lowest BCUT2D eigenvalue weighted by Crippen LogP contribution is -1.82. The largest absolute Gasteiger partial charge is 0.335 e. The van der Waals surface area contributed by atoms with Crippen LogP contribution in [0.4, 0.5) is 0 Å². The summed E-state index contributed by atoms with van der Waals surface area (Å²) in [6.07, 6.45) is 0. The lowest BCUT2D eigenvalue weighted by atomic mass is 10.3. The Bertz CT molecular complexity index is 861. The molecule has 98 valence electrons. The summed E-state index contributed by atoms with van der Waals surface area (Å²) in [5.74, 6) is 1.28. The van der Waals surface area contributed by atoms with Crippen LogP contribution >= 0.6 is 23.2 Å². The van der Waals surface area contributed by atoms with E-state index in [9.17, 15) is 0 Å². The van der Waals surface area contributed by atoms with Crippen molar-refractivity contribution < 1.29 is 0 Å². The number of hydrogen-bond donors (Lipinski definition) is 2. The highest BCUT2D eigenvalue weighted by molar-refractivity contribution is 6.35. The minimum absolute atomic E-state index is 0.610. The summed E-state index contributed by atoms with van der Waals surface area (Å²) in [5.41, 5.74) is 3.21. The summed E-state index contributed by atoms with van der Waals surface area (Å²) in [6.45, 7) is 0. The third-order valence-electron chi connectivity index (χ3n) is 3.15. The molecule has 4 nitrogen and oxygen atoms in total. The minimum Gasteiger partial charge on any atom is -0.335 e. The van der Waals surface area contributed by atoms with Crippen molar-refractivity contribution in [3.63, 3.8) is 0 Å². The second kappa shape index (κ2) is 4.23. The van der Waals surface area contributed by atoms with E-state index in [1.54, 1.807) is 0 Å². The predicted octanol–water partition coefficient (Wildman–Crippen LogP) is 4.41. The fourth-order valence-corrected chi connectivity index (χ4v) is 2.65. The van der Waals surface area contributed by atoms with Gasteiger partial charge in [-0.2, -0.15) is 0 Å². The summed E-state index contributed by atoms with van der Waals surface area (Å²) in [5, 5.41) is 1.22. The van der Waals surface area contributed by atoms with Crippen LogP contribution in [0.25, 0.3) is 33.7 Å². The Balaban J connectivity index is 1.96. The van der Waals surface area contributed by atoms with E-state index in [2.05, 4.69) is 19.9 Å². The predicted molar refractivity (Wildman–Crippen MR) is 81.2 cm³/mol. The van der Waals surface area contributed by atoms with E-state index in [0.717, 1.165) is 22.1 Å². The van der Waals surface area contributed by atoms with E-state index >= 15 is 0 Å². The number of fused-ring (bicyclic) bond motifs is 2. The van der Waals surface area contributed by atoms with E-state index in [-0.39, 0.29) is 0 Å². The van der Waals surface area contributed by atoms with E-state index in [1.165, 1.54) is 0 Å². The van der Waals surface area contributed by atoms with Crippen LogP contribution in [0.1, 0.15) is 0 Å². The number of halogens is 2. The van der Waals surface area contributed by atoms with Crippen molar-refractivity contribution in [1.29, 1.82) is 0 Å². The zero-order valence-electron chi connectivity index (χ0n) is 10.1. The van der Waals surface area contributed by atoms with Gasteiger partial charge in [0.2, 0.25) is 0 Å². The Morgan fingerprint density at radius 3 is 1.55 bits per heavy atom. The lowest BCUT2D eigenvalue weighted by Gasteiger charge is -1.88. The average molecular weight is 303 g/mol. The standard InChI is InChI=1S/C14H8Cl2N4/c15-7-3-1-5-9-11(7)19-13(17-9)14-18-10-6-2-4-8(16)12(10)20-14/h1-6H,(H,17,19)(H,18,20). The molecule has 2 heterocycles. The molecule has 6 heteroatoms. The fraction of sp³-hybridized carbons (Fsp3) is 0. The van der Waals surface area contributed by atoms with Gasteiger partial charge >= 0.3 is 0 Å². The first-order chi connectivity index (χ1) is 9.72. The van der Waals surface area contributed by atoms with E-state index < -0.39 is 0 Å². The average Bonchev–Trinajstić information content (AvgIpc) is 3.03. The second-order valence-corrected chi connectivity index (χ2v) is 5.26. The maximum atomic E-state index is 6.13. The number of aromatic amines is 2. The van der Waals surface area contributed by atoms with Gasteiger partial charge in [-0.05, 0) is 24.3 Å². The molecule has 4 aromatic rings. The van der Waals surface area contributed by atoms with Gasteiger partial charge in [0.25, 0.3) is 0 Å². The van der Waals surface area contributed by atoms with E-state index in [1.807, 2.05) is 36.4 Å². The summed E-state index contributed by atoms with van der Waals surface area (Å²) in [7, 11) is 0. The number of nitrogens with zero attached hydrogens (tertiary/aromatic N) is 2. The van der Waals surface area contributed by atoms with Gasteiger partial charge in [0.1, 0.15) is 11.0 Å². The number of hydrogen-bond acceptors (Lipinski definition) is 2. The molecule has 0 radical (unpaired) electrons. The topological polar surface area (TPSA) is 57.4 Å². The van der Waals surface area contributed by atoms with Gasteiger partial charge in [0.05, 0.1) is 21.1 Å². The van der Waals surface area contributed by atoms with E-state index in [4.69, 9.17) is 23.2 Å². The van der Waals surface area contributed by atoms with Gasteiger partial charge in [-0.25, -0.2) is 9.97 Å². The number of benzene rings is 2. The maximum absolute atomic E-state index is 6.13. The van der Waals surface area contributed by atoms with Crippen LogP contribution in [-0.4, -0.2) is 19.9 Å². The molecule has 0 spiro atoms. The van der Waals surface area contributed by atoms with Crippen LogP contribution in [0.2, 0.25) is 10.0 Å². The van der Waals surface area contributed by atoms with Crippen LogP contribution in [0, 0.1) is 0 Å². The molecule has 4 rings (SSSR count). The van der Waals surface area contributed by atoms with Crippen LogP contribution in [0.3, 0.4) is 0 Å². The number of H-pyrrole nitrogens is 2. The molecule has 0 aliphatic carbocycles. The number of imidazole rings is 2. The number of para-hydroxylation sites is 2. The third kappa shape index (κ3) is 1.69. The Labute approximate surface area is 123 Å². The highest BCUT2D eigenvalue weighted by Gasteiger charge is 2.12. The smallest absolute Gasteiger partial charge is 0.174 e.